The molecule has 0 aliphatic carbocycles. The Morgan fingerprint density at radius 2 is 1.89 bits per heavy atom. The molecular weight excluding hydrogens is 363 g/mol. The first-order valence-corrected chi connectivity index (χ1v) is 8.55. The molecule has 0 saturated carbocycles. The zero-order valence-electron chi connectivity index (χ0n) is 15.0. The summed E-state index contributed by atoms with van der Waals surface area (Å²) in [5.41, 5.74) is 0.707. The van der Waals surface area contributed by atoms with Crippen LogP contribution in [0.4, 0.5) is 13.2 Å². The fourth-order valence-corrected chi connectivity index (χ4v) is 3.30. The van der Waals surface area contributed by atoms with Crippen LogP contribution in [0.5, 0.6) is 5.75 Å². The number of alkyl halides is 3. The number of carbonyl (C=O) groups excluding carboxylic acids is 2. The predicted molar refractivity (Wildman–Crippen MR) is 92.4 cm³/mol. The number of piperidine rings is 1. The van der Waals surface area contributed by atoms with Gasteiger partial charge in [0.05, 0.1) is 0 Å². The van der Waals surface area contributed by atoms with Crippen LogP contribution in [0, 0.1) is 0 Å². The van der Waals surface area contributed by atoms with Crippen molar-refractivity contribution in [1.82, 2.24) is 14.8 Å². The molecule has 9 heteroatoms. The maximum atomic E-state index is 12.7. The second-order valence-electron chi connectivity index (χ2n) is 6.63. The molecule has 2 heterocycles. The molecule has 1 saturated heterocycles. The number of halogens is 3. The molecule has 1 aliphatic heterocycles. The van der Waals surface area contributed by atoms with E-state index in [2.05, 4.69) is 9.72 Å². The highest BCUT2D eigenvalue weighted by molar-refractivity contribution is 5.98. The van der Waals surface area contributed by atoms with Gasteiger partial charge in [0, 0.05) is 50.1 Å². The molecule has 0 spiro atoms. The predicted octanol–water partition coefficient (Wildman–Crippen LogP) is 3.15. The van der Waals surface area contributed by atoms with Gasteiger partial charge in [-0.15, -0.1) is 13.2 Å². The Kier molecular flexibility index (Phi) is 5.03. The Balaban J connectivity index is 1.70. The fourth-order valence-electron chi connectivity index (χ4n) is 3.30. The van der Waals surface area contributed by atoms with E-state index in [1.807, 2.05) is 0 Å². The van der Waals surface area contributed by atoms with Crippen LogP contribution < -0.4 is 4.74 Å². The Hall–Kier alpha value is -2.71. The lowest BCUT2D eigenvalue weighted by Crippen LogP contribution is -2.46. The summed E-state index contributed by atoms with van der Waals surface area (Å²) in [7, 11) is 1.75. The summed E-state index contributed by atoms with van der Waals surface area (Å²) >= 11 is 0. The second-order valence-corrected chi connectivity index (χ2v) is 6.63. The first-order valence-electron chi connectivity index (χ1n) is 8.55. The zero-order chi connectivity index (χ0) is 19.8. The number of hydrogen-bond donors (Lipinski definition) is 1. The number of hydrogen-bond acceptors (Lipinski definition) is 3. The summed E-state index contributed by atoms with van der Waals surface area (Å²) in [6.45, 7) is 2.54. The van der Waals surface area contributed by atoms with Crippen molar-refractivity contribution in [2.45, 2.75) is 32.2 Å². The van der Waals surface area contributed by atoms with Crippen LogP contribution in [0.25, 0.3) is 10.9 Å². The maximum absolute atomic E-state index is 12.7. The van der Waals surface area contributed by atoms with E-state index >= 15 is 0 Å². The number of fused-ring (bicyclic) bond motifs is 1. The number of rotatable bonds is 3. The largest absolute Gasteiger partial charge is 0.573 e. The lowest BCUT2D eigenvalue weighted by molar-refractivity contribution is -0.274. The average molecular weight is 383 g/mol. The van der Waals surface area contributed by atoms with Crippen molar-refractivity contribution >= 4 is 22.7 Å². The van der Waals surface area contributed by atoms with Crippen molar-refractivity contribution in [3.63, 3.8) is 0 Å². The third kappa shape index (κ3) is 4.35. The van der Waals surface area contributed by atoms with Gasteiger partial charge in [-0.2, -0.15) is 0 Å². The minimum atomic E-state index is -4.77. The van der Waals surface area contributed by atoms with E-state index in [4.69, 9.17) is 0 Å². The van der Waals surface area contributed by atoms with Gasteiger partial charge < -0.3 is 19.5 Å². The van der Waals surface area contributed by atoms with E-state index in [1.165, 1.54) is 25.1 Å². The van der Waals surface area contributed by atoms with Crippen LogP contribution in [0.3, 0.4) is 0 Å². The highest BCUT2D eigenvalue weighted by Crippen LogP contribution is 2.27. The molecule has 3 rings (SSSR count). The highest BCUT2D eigenvalue weighted by Gasteiger charge is 2.31. The van der Waals surface area contributed by atoms with Crippen molar-refractivity contribution in [3.8, 4) is 5.75 Å². The molecule has 1 aliphatic rings. The van der Waals surface area contributed by atoms with Crippen LogP contribution in [-0.4, -0.2) is 59.1 Å². The van der Waals surface area contributed by atoms with Crippen LogP contribution in [0.1, 0.15) is 30.3 Å². The molecule has 0 bridgehead atoms. The molecule has 1 fully saturated rings. The molecule has 2 aromatic rings. The Bertz CT molecular complexity index is 854. The van der Waals surface area contributed by atoms with E-state index in [-0.39, 0.29) is 23.6 Å². The number of aromatic amines is 1. The third-order valence-electron chi connectivity index (χ3n) is 4.85. The molecule has 1 aromatic heterocycles. The topological polar surface area (TPSA) is 65.6 Å². The molecule has 2 amide bonds. The smallest absolute Gasteiger partial charge is 0.406 e. The van der Waals surface area contributed by atoms with Crippen molar-refractivity contribution in [2.75, 3.05) is 20.1 Å². The Labute approximate surface area is 153 Å². The SMILES string of the molecule is CC(=O)N(C)C1CCN(C(=O)c2cc3ccc(OC(F)(F)F)cc3[nH]2)CC1. The van der Waals surface area contributed by atoms with Crippen molar-refractivity contribution in [3.05, 3.63) is 30.0 Å². The first kappa shape index (κ1) is 19.1. The lowest BCUT2D eigenvalue weighted by atomic mass is 10.0. The van der Waals surface area contributed by atoms with Crippen molar-refractivity contribution in [2.24, 2.45) is 0 Å². The first-order chi connectivity index (χ1) is 12.6. The standard InChI is InChI=1S/C18H20F3N3O3/c1-11(25)23(2)13-5-7-24(8-6-13)17(26)16-9-12-3-4-14(10-15(12)22-16)27-18(19,20)21/h3-4,9-10,13,22H,5-8H2,1-2H3. The molecule has 146 valence electrons. The number of nitrogens with zero attached hydrogens (tertiary/aromatic N) is 2. The van der Waals surface area contributed by atoms with Gasteiger partial charge in [0.25, 0.3) is 5.91 Å². The minimum Gasteiger partial charge on any atom is -0.406 e. The van der Waals surface area contributed by atoms with Crippen molar-refractivity contribution < 1.29 is 27.5 Å². The number of likely N-dealkylation sites (tertiary alicyclic amines) is 1. The summed E-state index contributed by atoms with van der Waals surface area (Å²) in [6.07, 6.45) is -3.40. The van der Waals surface area contributed by atoms with E-state index in [0.717, 1.165) is 0 Å². The summed E-state index contributed by atoms with van der Waals surface area (Å²) in [5, 5.41) is 0.624. The van der Waals surface area contributed by atoms with Gasteiger partial charge in [-0.05, 0) is 31.0 Å². The van der Waals surface area contributed by atoms with Gasteiger partial charge in [-0.1, -0.05) is 0 Å². The van der Waals surface area contributed by atoms with Gasteiger partial charge in [0.2, 0.25) is 5.91 Å². The number of aromatic nitrogens is 1. The van der Waals surface area contributed by atoms with Crippen LogP contribution in [0.15, 0.2) is 24.3 Å². The van der Waals surface area contributed by atoms with Gasteiger partial charge in [-0.3, -0.25) is 9.59 Å². The molecule has 6 nitrogen and oxygen atoms in total. The van der Waals surface area contributed by atoms with Crippen molar-refractivity contribution in [1.29, 1.82) is 0 Å². The molecule has 1 aromatic carbocycles. The van der Waals surface area contributed by atoms with Crippen LogP contribution in [-0.2, 0) is 4.79 Å². The summed E-state index contributed by atoms with van der Waals surface area (Å²) in [6, 6.07) is 5.62. The number of ether oxygens (including phenoxy) is 1. The summed E-state index contributed by atoms with van der Waals surface area (Å²) < 4.78 is 40.9. The summed E-state index contributed by atoms with van der Waals surface area (Å²) in [5.74, 6) is -0.565. The molecule has 0 radical (unpaired) electrons. The molecule has 27 heavy (non-hydrogen) atoms. The fraction of sp³-hybridized carbons (Fsp3) is 0.444. The highest BCUT2D eigenvalue weighted by atomic mass is 19.4. The number of benzene rings is 1. The number of nitrogens with one attached hydrogen (secondary N) is 1. The normalized spacial score (nSPS) is 15.8. The molecule has 0 unspecified atom stereocenters. The van der Waals surface area contributed by atoms with Gasteiger partial charge in [0.1, 0.15) is 11.4 Å². The van der Waals surface area contributed by atoms with E-state index in [9.17, 15) is 22.8 Å². The Morgan fingerprint density at radius 1 is 1.22 bits per heavy atom. The number of carbonyl (C=O) groups is 2. The van der Waals surface area contributed by atoms with Gasteiger partial charge in [0.15, 0.2) is 0 Å². The zero-order valence-corrected chi connectivity index (χ0v) is 15.0. The van der Waals surface area contributed by atoms with Crippen LogP contribution in [0.2, 0.25) is 0 Å². The molecule has 1 N–H and O–H groups in total. The quantitative estimate of drug-likeness (QED) is 0.886. The van der Waals surface area contributed by atoms with Crippen LogP contribution >= 0.6 is 0 Å². The summed E-state index contributed by atoms with van der Waals surface area (Å²) in [4.78, 5) is 30.4. The molecular formula is C18H20F3N3O3. The second kappa shape index (κ2) is 7.13. The van der Waals surface area contributed by atoms with Gasteiger partial charge >= 0.3 is 6.36 Å². The number of amides is 2. The van der Waals surface area contributed by atoms with E-state index in [0.29, 0.717) is 42.5 Å². The third-order valence-corrected chi connectivity index (χ3v) is 4.85. The maximum Gasteiger partial charge on any atom is 0.573 e. The monoisotopic (exact) mass is 383 g/mol. The average Bonchev–Trinajstić information content (AvgIpc) is 3.02. The minimum absolute atomic E-state index is 0.00715. The number of H-pyrrole nitrogens is 1. The Morgan fingerprint density at radius 3 is 2.48 bits per heavy atom. The lowest BCUT2D eigenvalue weighted by Gasteiger charge is -2.36. The van der Waals surface area contributed by atoms with Gasteiger partial charge in [-0.25, -0.2) is 0 Å². The van der Waals surface area contributed by atoms with E-state index in [1.54, 1.807) is 22.9 Å². The molecule has 0 atom stereocenters. The van der Waals surface area contributed by atoms with E-state index < -0.39 is 6.36 Å².